The van der Waals surface area contributed by atoms with Gasteiger partial charge in [-0.05, 0) is 31.5 Å². The third-order valence-corrected chi connectivity index (χ3v) is 3.07. The van der Waals surface area contributed by atoms with E-state index < -0.39 is 5.60 Å². The van der Waals surface area contributed by atoms with Crippen LogP contribution in [0.4, 0.5) is 0 Å². The fraction of sp³-hybridized carbons (Fsp3) is 0.455. The van der Waals surface area contributed by atoms with Crippen molar-refractivity contribution in [1.29, 1.82) is 0 Å². The summed E-state index contributed by atoms with van der Waals surface area (Å²) in [5.74, 6) is 0. The van der Waals surface area contributed by atoms with E-state index in [0.717, 1.165) is 24.1 Å². The van der Waals surface area contributed by atoms with E-state index in [4.69, 9.17) is 11.6 Å². The van der Waals surface area contributed by atoms with Crippen molar-refractivity contribution in [2.75, 3.05) is 13.1 Å². The van der Waals surface area contributed by atoms with E-state index in [1.54, 1.807) is 0 Å². The molecule has 3 heteroatoms. The first-order valence-electron chi connectivity index (χ1n) is 4.81. The standard InChI is InChI=1S/C11H14ClNO/c1-8-2-3-9(10(12)6-8)11(14)4-5-13-7-11/h2-3,6,13-14H,4-5,7H2,1H3. The SMILES string of the molecule is Cc1ccc(C2(O)CCNC2)c(Cl)c1. The van der Waals surface area contributed by atoms with Crippen LogP contribution in [0.2, 0.25) is 5.02 Å². The number of rotatable bonds is 1. The Balaban J connectivity index is 2.40. The maximum Gasteiger partial charge on any atom is 0.105 e. The first-order valence-corrected chi connectivity index (χ1v) is 5.19. The predicted octanol–water partition coefficient (Wildman–Crippen LogP) is 1.83. The fourth-order valence-corrected chi connectivity index (χ4v) is 2.32. The minimum atomic E-state index is -0.773. The third-order valence-electron chi connectivity index (χ3n) is 2.76. The van der Waals surface area contributed by atoms with Gasteiger partial charge in [0.25, 0.3) is 0 Å². The molecule has 1 saturated heterocycles. The molecule has 1 atom stereocenters. The number of benzene rings is 1. The number of hydrogen-bond donors (Lipinski definition) is 2. The van der Waals surface area contributed by atoms with E-state index in [-0.39, 0.29) is 0 Å². The zero-order valence-electron chi connectivity index (χ0n) is 8.18. The van der Waals surface area contributed by atoms with Gasteiger partial charge in [0.1, 0.15) is 5.60 Å². The average molecular weight is 212 g/mol. The molecule has 0 aliphatic carbocycles. The molecule has 2 nitrogen and oxygen atoms in total. The highest BCUT2D eigenvalue weighted by molar-refractivity contribution is 6.31. The maximum absolute atomic E-state index is 10.3. The Morgan fingerprint density at radius 3 is 2.86 bits per heavy atom. The van der Waals surface area contributed by atoms with Crippen molar-refractivity contribution in [3.8, 4) is 0 Å². The second-order valence-electron chi connectivity index (χ2n) is 3.94. The summed E-state index contributed by atoms with van der Waals surface area (Å²) in [6, 6.07) is 5.80. The second kappa shape index (κ2) is 3.54. The highest BCUT2D eigenvalue weighted by Gasteiger charge is 2.34. The maximum atomic E-state index is 10.3. The van der Waals surface area contributed by atoms with Crippen LogP contribution in [0.1, 0.15) is 17.5 Å². The lowest BCUT2D eigenvalue weighted by Crippen LogP contribution is -2.28. The van der Waals surface area contributed by atoms with Crippen molar-refractivity contribution in [3.63, 3.8) is 0 Å². The molecule has 1 aliphatic rings. The van der Waals surface area contributed by atoms with Gasteiger partial charge in [-0.2, -0.15) is 0 Å². The molecule has 0 saturated carbocycles. The Bertz CT molecular complexity index is 345. The first kappa shape index (κ1) is 9.97. The van der Waals surface area contributed by atoms with Crippen molar-refractivity contribution in [2.24, 2.45) is 0 Å². The lowest BCUT2D eigenvalue weighted by molar-refractivity contribution is 0.0588. The normalized spacial score (nSPS) is 26.8. The van der Waals surface area contributed by atoms with Crippen LogP contribution in [0.5, 0.6) is 0 Å². The van der Waals surface area contributed by atoms with E-state index in [2.05, 4.69) is 5.32 Å². The van der Waals surface area contributed by atoms with Crippen LogP contribution in [-0.4, -0.2) is 18.2 Å². The van der Waals surface area contributed by atoms with Gasteiger partial charge in [-0.15, -0.1) is 0 Å². The predicted molar refractivity (Wildman–Crippen MR) is 57.6 cm³/mol. The second-order valence-corrected chi connectivity index (χ2v) is 4.35. The van der Waals surface area contributed by atoms with Gasteiger partial charge in [-0.1, -0.05) is 23.7 Å². The fourth-order valence-electron chi connectivity index (χ4n) is 1.91. The van der Waals surface area contributed by atoms with E-state index in [0.29, 0.717) is 11.6 Å². The summed E-state index contributed by atoms with van der Waals surface area (Å²) in [5.41, 5.74) is 1.19. The van der Waals surface area contributed by atoms with Gasteiger partial charge in [-0.3, -0.25) is 0 Å². The minimum Gasteiger partial charge on any atom is -0.384 e. The molecule has 0 amide bonds. The molecule has 0 aromatic heterocycles. The summed E-state index contributed by atoms with van der Waals surface area (Å²) in [6.07, 6.45) is 0.732. The van der Waals surface area contributed by atoms with E-state index in [1.807, 2.05) is 25.1 Å². The van der Waals surface area contributed by atoms with Crippen molar-refractivity contribution < 1.29 is 5.11 Å². The van der Waals surface area contributed by atoms with Crippen LogP contribution in [-0.2, 0) is 5.60 Å². The smallest absolute Gasteiger partial charge is 0.105 e. The summed E-state index contributed by atoms with van der Waals surface area (Å²) in [5, 5.41) is 14.1. The van der Waals surface area contributed by atoms with E-state index in [9.17, 15) is 5.11 Å². The quantitative estimate of drug-likeness (QED) is 0.743. The molecule has 0 bridgehead atoms. The summed E-state index contributed by atoms with van der Waals surface area (Å²) >= 11 is 6.11. The van der Waals surface area contributed by atoms with Gasteiger partial charge in [-0.25, -0.2) is 0 Å². The van der Waals surface area contributed by atoms with Crippen LogP contribution in [0, 0.1) is 6.92 Å². The number of nitrogens with one attached hydrogen (secondary N) is 1. The zero-order valence-corrected chi connectivity index (χ0v) is 8.93. The first-order chi connectivity index (χ1) is 6.62. The molecule has 0 radical (unpaired) electrons. The minimum absolute atomic E-state index is 0.593. The Hall–Kier alpha value is -0.570. The number of halogens is 1. The van der Waals surface area contributed by atoms with Crippen LogP contribution in [0.3, 0.4) is 0 Å². The largest absolute Gasteiger partial charge is 0.384 e. The van der Waals surface area contributed by atoms with Gasteiger partial charge in [0.2, 0.25) is 0 Å². The van der Waals surface area contributed by atoms with Gasteiger partial charge >= 0.3 is 0 Å². The highest BCUT2D eigenvalue weighted by atomic mass is 35.5. The summed E-state index contributed by atoms with van der Waals surface area (Å²) in [7, 11) is 0. The van der Waals surface area contributed by atoms with Gasteiger partial charge in [0.05, 0.1) is 0 Å². The number of aryl methyl sites for hydroxylation is 1. The molecular formula is C11H14ClNO. The Labute approximate surface area is 88.9 Å². The third kappa shape index (κ3) is 1.65. The molecule has 1 aromatic carbocycles. The highest BCUT2D eigenvalue weighted by Crippen LogP contribution is 2.33. The number of aliphatic hydroxyl groups is 1. The molecule has 1 heterocycles. The molecule has 76 valence electrons. The van der Waals surface area contributed by atoms with Crippen LogP contribution in [0.25, 0.3) is 0 Å². The lowest BCUT2D eigenvalue weighted by atomic mass is 9.92. The summed E-state index contributed by atoms with van der Waals surface area (Å²) < 4.78 is 0. The monoisotopic (exact) mass is 211 g/mol. The topological polar surface area (TPSA) is 32.3 Å². The number of hydrogen-bond acceptors (Lipinski definition) is 2. The van der Waals surface area contributed by atoms with Gasteiger partial charge < -0.3 is 10.4 Å². The molecule has 1 aliphatic heterocycles. The van der Waals surface area contributed by atoms with Gasteiger partial charge in [0, 0.05) is 17.1 Å². The van der Waals surface area contributed by atoms with Crippen LogP contribution < -0.4 is 5.32 Å². The molecular weight excluding hydrogens is 198 g/mol. The Kier molecular flexibility index (Phi) is 2.52. The summed E-state index contributed by atoms with van der Waals surface area (Å²) in [6.45, 7) is 3.43. The molecule has 2 N–H and O–H groups in total. The summed E-state index contributed by atoms with van der Waals surface area (Å²) in [4.78, 5) is 0. The molecule has 2 rings (SSSR count). The van der Waals surface area contributed by atoms with Crippen LogP contribution >= 0.6 is 11.6 Å². The molecule has 14 heavy (non-hydrogen) atoms. The molecule has 1 aromatic rings. The van der Waals surface area contributed by atoms with E-state index in [1.165, 1.54) is 0 Å². The average Bonchev–Trinajstić information content (AvgIpc) is 2.52. The van der Waals surface area contributed by atoms with Crippen LogP contribution in [0.15, 0.2) is 18.2 Å². The van der Waals surface area contributed by atoms with Crippen molar-refractivity contribution >= 4 is 11.6 Å². The van der Waals surface area contributed by atoms with Crippen molar-refractivity contribution in [1.82, 2.24) is 5.32 Å². The van der Waals surface area contributed by atoms with Crippen molar-refractivity contribution in [3.05, 3.63) is 34.3 Å². The van der Waals surface area contributed by atoms with E-state index >= 15 is 0 Å². The molecule has 1 unspecified atom stereocenters. The van der Waals surface area contributed by atoms with Gasteiger partial charge in [0.15, 0.2) is 0 Å². The lowest BCUT2D eigenvalue weighted by Gasteiger charge is -2.23. The number of β-amino-alcohol motifs (C(OH)–C–C–N with tert-alkyl or cyclic N) is 1. The Morgan fingerprint density at radius 1 is 1.50 bits per heavy atom. The molecule has 1 fully saturated rings. The zero-order chi connectivity index (χ0) is 10.2. The van der Waals surface area contributed by atoms with Crippen molar-refractivity contribution in [2.45, 2.75) is 18.9 Å². The molecule has 0 spiro atoms. The Morgan fingerprint density at radius 2 is 2.29 bits per heavy atom.